The number of aryl methyl sites for hydroxylation is 3. The molecule has 0 unspecified atom stereocenters. The van der Waals surface area contributed by atoms with Crippen molar-refractivity contribution < 1.29 is 4.11 Å². The number of rotatable bonds is 2. The van der Waals surface area contributed by atoms with Crippen LogP contribution in [0.15, 0.2) is 72.8 Å². The Kier molecular flexibility index (Phi) is 7.71. The highest BCUT2D eigenvalue weighted by molar-refractivity contribution is 7.00. The highest BCUT2D eigenvalue weighted by atomic mass is 15.2. The van der Waals surface area contributed by atoms with Crippen LogP contribution in [0.3, 0.4) is 0 Å². The van der Waals surface area contributed by atoms with Crippen molar-refractivity contribution in [3.8, 4) is 0 Å². The van der Waals surface area contributed by atoms with E-state index in [0.717, 1.165) is 53.3 Å². The van der Waals surface area contributed by atoms with Crippen molar-refractivity contribution in [3.05, 3.63) is 123 Å². The van der Waals surface area contributed by atoms with Crippen LogP contribution in [0.1, 0.15) is 170 Å². The van der Waals surface area contributed by atoms with Crippen molar-refractivity contribution in [3.63, 3.8) is 0 Å². The van der Waals surface area contributed by atoms with Gasteiger partial charge in [-0.05, 0) is 175 Å². The van der Waals surface area contributed by atoms with E-state index in [1.54, 1.807) is 0 Å². The van der Waals surface area contributed by atoms with Gasteiger partial charge in [-0.15, -0.1) is 0 Å². The van der Waals surface area contributed by atoms with Crippen molar-refractivity contribution in [2.45, 2.75) is 169 Å². The van der Waals surface area contributed by atoms with Crippen LogP contribution in [0, 0.1) is 20.7 Å². The third-order valence-electron chi connectivity index (χ3n) is 15.1. The summed E-state index contributed by atoms with van der Waals surface area (Å²) in [6, 6.07) is 28.1. The highest BCUT2D eigenvalue weighted by Gasteiger charge is 2.48. The number of benzene rings is 5. The Morgan fingerprint density at radius 3 is 1.51 bits per heavy atom. The maximum absolute atomic E-state index is 9.09. The molecule has 0 fully saturated rings. The summed E-state index contributed by atoms with van der Waals surface area (Å²) >= 11 is 0. The van der Waals surface area contributed by atoms with Gasteiger partial charge >= 0.3 is 0 Å². The van der Waals surface area contributed by atoms with Gasteiger partial charge in [0.15, 0.2) is 0 Å². The molecule has 0 saturated heterocycles. The SMILES string of the molecule is [2H]C([2H])([2H])c1cc2c3c(c1)N(c1cc4c(cc1C)C(C)(C)CC4(C)C)c1cc4c(cc1B3c1ccc(C(C)(C)C)cc1N2c1cc(C(C)(C)C)ccc1C)C(C)(C)CCC4(C)C. The van der Waals surface area contributed by atoms with Crippen LogP contribution in [0.4, 0.5) is 34.1 Å². The fraction of sp³-hybridized carbons (Fsp3) is 0.464. The molecular weight excluding hydrogens is 711 g/mol. The minimum atomic E-state index is -2.34. The first-order valence-electron chi connectivity index (χ1n) is 23.8. The lowest BCUT2D eigenvalue weighted by Gasteiger charge is -2.48. The van der Waals surface area contributed by atoms with E-state index in [9.17, 15) is 0 Å². The van der Waals surface area contributed by atoms with Crippen molar-refractivity contribution in [2.75, 3.05) is 9.80 Å². The van der Waals surface area contributed by atoms with E-state index in [-0.39, 0.29) is 39.2 Å². The molecule has 0 saturated carbocycles. The summed E-state index contributed by atoms with van der Waals surface area (Å²) in [7, 11) is 0. The number of fused-ring (bicyclic) bond motifs is 6. The molecule has 0 bridgehead atoms. The van der Waals surface area contributed by atoms with E-state index in [2.05, 4.69) is 181 Å². The second-order valence-corrected chi connectivity index (χ2v) is 23.7. The molecule has 0 spiro atoms. The van der Waals surface area contributed by atoms with Gasteiger partial charge in [0.05, 0.1) is 0 Å². The standard InChI is InChI=1S/C56H69BN2/c1-33-24-48-50-49(25-33)59(45-30-41-38(26-35(45)3)55(14,15)32-56(41,16)17)47-31-40-39(53(10,11)22-23-54(40,12)13)29-43(47)57(50)42-21-20-37(52(7,8)9)28-46(42)58(48)44-27-36(51(4,5)6)19-18-34(44)2/h18-21,24-31H,22-23,32H2,1-17H3/i1D3. The zero-order valence-electron chi connectivity index (χ0n) is 42.0. The molecule has 306 valence electrons. The molecule has 0 aromatic heterocycles. The average Bonchev–Trinajstić information content (AvgIpc) is 3.33. The molecule has 2 aliphatic heterocycles. The van der Waals surface area contributed by atoms with E-state index in [4.69, 9.17) is 4.11 Å². The molecular formula is C56H69BN2. The Balaban J connectivity index is 1.47. The first-order valence-corrected chi connectivity index (χ1v) is 22.3. The lowest BCUT2D eigenvalue weighted by molar-refractivity contribution is 0.332. The van der Waals surface area contributed by atoms with Gasteiger partial charge in [-0.2, -0.15) is 0 Å². The summed E-state index contributed by atoms with van der Waals surface area (Å²) in [5.74, 6) is 0. The van der Waals surface area contributed by atoms with Gasteiger partial charge in [0, 0.05) is 38.2 Å². The monoisotopic (exact) mass is 784 g/mol. The second-order valence-electron chi connectivity index (χ2n) is 23.7. The van der Waals surface area contributed by atoms with Gasteiger partial charge in [0.1, 0.15) is 0 Å². The minimum Gasteiger partial charge on any atom is -0.311 e. The van der Waals surface area contributed by atoms with Gasteiger partial charge in [0.2, 0.25) is 0 Å². The van der Waals surface area contributed by atoms with E-state index in [1.165, 1.54) is 61.0 Å². The van der Waals surface area contributed by atoms with Crippen LogP contribution in [-0.2, 0) is 32.5 Å². The molecule has 0 amide bonds. The fourth-order valence-corrected chi connectivity index (χ4v) is 11.7. The first kappa shape index (κ1) is 36.6. The molecule has 0 radical (unpaired) electrons. The molecule has 0 N–H and O–H groups in total. The van der Waals surface area contributed by atoms with Gasteiger partial charge in [-0.1, -0.05) is 133 Å². The van der Waals surface area contributed by atoms with E-state index < -0.39 is 6.85 Å². The topological polar surface area (TPSA) is 6.48 Å². The quantitative estimate of drug-likeness (QED) is 0.161. The van der Waals surface area contributed by atoms with Crippen molar-refractivity contribution in [1.29, 1.82) is 0 Å². The summed E-state index contributed by atoms with van der Waals surface area (Å²) in [5, 5.41) is 0. The number of nitrogens with zero attached hydrogens (tertiary/aromatic N) is 2. The zero-order valence-corrected chi connectivity index (χ0v) is 39.0. The van der Waals surface area contributed by atoms with Gasteiger partial charge in [-0.25, -0.2) is 0 Å². The van der Waals surface area contributed by atoms with Crippen LogP contribution in [0.5, 0.6) is 0 Å². The highest BCUT2D eigenvalue weighted by Crippen LogP contribution is 2.55. The molecule has 4 aliphatic rings. The molecule has 2 heterocycles. The van der Waals surface area contributed by atoms with E-state index >= 15 is 0 Å². The Hall–Kier alpha value is -4.24. The summed E-state index contributed by atoms with van der Waals surface area (Å²) in [5.41, 5.74) is 20.9. The maximum atomic E-state index is 9.09. The van der Waals surface area contributed by atoms with Crippen molar-refractivity contribution >= 4 is 57.2 Å². The first-order chi connectivity index (χ1) is 28.4. The molecule has 9 rings (SSSR count). The normalized spacial score (nSPS) is 20.1. The molecule has 5 aromatic carbocycles. The summed E-state index contributed by atoms with van der Waals surface area (Å²) in [6.07, 6.45) is 3.31. The Morgan fingerprint density at radius 2 is 0.949 bits per heavy atom. The molecule has 59 heavy (non-hydrogen) atoms. The van der Waals surface area contributed by atoms with Crippen LogP contribution >= 0.6 is 0 Å². The predicted octanol–water partition coefficient (Wildman–Crippen LogP) is 13.6. The molecule has 0 atom stereocenters. The van der Waals surface area contributed by atoms with E-state index in [0.29, 0.717) is 5.56 Å². The average molecular weight is 784 g/mol. The van der Waals surface area contributed by atoms with Gasteiger partial charge < -0.3 is 9.80 Å². The van der Waals surface area contributed by atoms with Crippen molar-refractivity contribution in [1.82, 2.24) is 0 Å². The summed E-state index contributed by atoms with van der Waals surface area (Å²) in [6.45, 7) is 35.0. The van der Waals surface area contributed by atoms with Crippen molar-refractivity contribution in [2.24, 2.45) is 0 Å². The number of hydrogen-bond donors (Lipinski definition) is 0. The maximum Gasteiger partial charge on any atom is 0.252 e. The van der Waals surface area contributed by atoms with Crippen LogP contribution < -0.4 is 26.2 Å². The third kappa shape index (κ3) is 6.01. The Morgan fingerprint density at radius 1 is 0.492 bits per heavy atom. The molecule has 2 aliphatic carbocycles. The third-order valence-corrected chi connectivity index (χ3v) is 15.1. The molecule has 3 heteroatoms. The Bertz CT molecular complexity index is 2720. The number of anilines is 6. The second kappa shape index (κ2) is 12.4. The predicted molar refractivity (Wildman–Crippen MR) is 258 cm³/mol. The lowest BCUT2D eigenvalue weighted by atomic mass is 9.33. The zero-order chi connectivity index (χ0) is 45.2. The summed E-state index contributed by atoms with van der Waals surface area (Å²) < 4.78 is 27.3. The van der Waals surface area contributed by atoms with Crippen LogP contribution in [0.25, 0.3) is 0 Å². The fourth-order valence-electron chi connectivity index (χ4n) is 11.7. The lowest BCUT2D eigenvalue weighted by Crippen LogP contribution is -2.62. The largest absolute Gasteiger partial charge is 0.311 e. The van der Waals surface area contributed by atoms with Crippen LogP contribution in [0.2, 0.25) is 0 Å². The van der Waals surface area contributed by atoms with Gasteiger partial charge in [0.25, 0.3) is 6.71 Å². The molecule has 5 aromatic rings. The number of hydrogen-bond acceptors (Lipinski definition) is 2. The smallest absolute Gasteiger partial charge is 0.252 e. The van der Waals surface area contributed by atoms with E-state index in [1.807, 2.05) is 12.1 Å². The Labute approximate surface area is 362 Å². The summed E-state index contributed by atoms with van der Waals surface area (Å²) in [4.78, 5) is 4.94. The minimum absolute atomic E-state index is 0.00215. The van der Waals surface area contributed by atoms with Crippen LogP contribution in [-0.4, -0.2) is 6.71 Å². The molecule has 2 nitrogen and oxygen atoms in total. The van der Waals surface area contributed by atoms with Gasteiger partial charge in [-0.3, -0.25) is 0 Å².